The van der Waals surface area contributed by atoms with E-state index in [-0.39, 0.29) is 17.4 Å². The molecule has 0 aliphatic carbocycles. The smallest absolute Gasteiger partial charge is 0.262 e. The Hall–Kier alpha value is -2.27. The highest BCUT2D eigenvalue weighted by molar-refractivity contribution is 6.30. The number of benzene rings is 2. The average molecular weight is 309 g/mol. The van der Waals surface area contributed by atoms with Crippen LogP contribution in [-0.2, 0) is 4.79 Å². The standard InChI is InChI=1S/C15H14ClFN2O2/c1-9-5-6-10(7-12(9)18)19-14(20)8-21-13-4-2-3-11(16)15(13)17/h2-7H,8,18H2,1H3,(H,19,20). The summed E-state index contributed by atoms with van der Waals surface area (Å²) in [6.45, 7) is 1.54. The molecule has 0 atom stereocenters. The van der Waals surface area contributed by atoms with Gasteiger partial charge in [-0.15, -0.1) is 0 Å². The van der Waals surface area contributed by atoms with Crippen LogP contribution in [0.4, 0.5) is 15.8 Å². The Kier molecular flexibility index (Phi) is 4.65. The number of rotatable bonds is 4. The van der Waals surface area contributed by atoms with Crippen molar-refractivity contribution in [3.8, 4) is 5.75 Å². The molecule has 110 valence electrons. The molecule has 0 aliphatic rings. The van der Waals surface area contributed by atoms with Crippen LogP contribution in [0.3, 0.4) is 0 Å². The topological polar surface area (TPSA) is 64.3 Å². The van der Waals surface area contributed by atoms with Gasteiger partial charge in [-0.3, -0.25) is 4.79 Å². The molecule has 0 radical (unpaired) electrons. The van der Waals surface area contributed by atoms with Crippen molar-refractivity contribution >= 4 is 28.9 Å². The van der Waals surface area contributed by atoms with E-state index in [2.05, 4.69) is 5.32 Å². The van der Waals surface area contributed by atoms with Crippen molar-refractivity contribution in [1.82, 2.24) is 0 Å². The van der Waals surface area contributed by atoms with Crippen LogP contribution in [0.25, 0.3) is 0 Å². The summed E-state index contributed by atoms with van der Waals surface area (Å²) < 4.78 is 18.7. The quantitative estimate of drug-likeness (QED) is 0.851. The second kappa shape index (κ2) is 6.45. The number of hydrogen-bond acceptors (Lipinski definition) is 3. The maximum Gasteiger partial charge on any atom is 0.262 e. The van der Waals surface area contributed by atoms with Gasteiger partial charge in [0.05, 0.1) is 5.02 Å². The van der Waals surface area contributed by atoms with Crippen molar-refractivity contribution in [2.24, 2.45) is 0 Å². The zero-order valence-corrected chi connectivity index (χ0v) is 12.1. The molecule has 21 heavy (non-hydrogen) atoms. The largest absolute Gasteiger partial charge is 0.481 e. The second-order valence-electron chi connectivity index (χ2n) is 4.46. The lowest BCUT2D eigenvalue weighted by atomic mass is 10.2. The predicted octanol–water partition coefficient (Wildman–Crippen LogP) is 3.39. The van der Waals surface area contributed by atoms with E-state index >= 15 is 0 Å². The molecule has 0 aromatic heterocycles. The summed E-state index contributed by atoms with van der Waals surface area (Å²) in [4.78, 5) is 11.7. The van der Waals surface area contributed by atoms with Crippen LogP contribution in [0, 0.1) is 12.7 Å². The summed E-state index contributed by atoms with van der Waals surface area (Å²) in [6, 6.07) is 9.51. The first-order valence-corrected chi connectivity index (χ1v) is 6.58. The summed E-state index contributed by atoms with van der Waals surface area (Å²) in [6.07, 6.45) is 0. The number of nitrogens with one attached hydrogen (secondary N) is 1. The van der Waals surface area contributed by atoms with Crippen molar-refractivity contribution in [3.63, 3.8) is 0 Å². The van der Waals surface area contributed by atoms with Gasteiger partial charge in [-0.1, -0.05) is 23.7 Å². The van der Waals surface area contributed by atoms with Crippen molar-refractivity contribution < 1.29 is 13.9 Å². The van der Waals surface area contributed by atoms with Crippen LogP contribution in [0.1, 0.15) is 5.56 Å². The van der Waals surface area contributed by atoms with Crippen LogP contribution in [0.5, 0.6) is 5.75 Å². The maximum absolute atomic E-state index is 13.6. The minimum absolute atomic E-state index is 0.0563. The molecule has 1 amide bonds. The molecule has 4 nitrogen and oxygen atoms in total. The molecule has 0 saturated heterocycles. The molecule has 0 unspecified atom stereocenters. The minimum Gasteiger partial charge on any atom is -0.481 e. The number of nitrogens with two attached hydrogens (primary N) is 1. The molecule has 0 saturated carbocycles. The molecule has 6 heteroatoms. The zero-order chi connectivity index (χ0) is 15.4. The van der Waals surface area contributed by atoms with Gasteiger partial charge in [-0.05, 0) is 36.8 Å². The molecule has 2 aromatic carbocycles. The molecule has 0 heterocycles. The Morgan fingerprint density at radius 3 is 2.86 bits per heavy atom. The number of anilines is 2. The van der Waals surface area contributed by atoms with E-state index in [9.17, 15) is 9.18 Å². The third-order valence-electron chi connectivity index (χ3n) is 2.84. The maximum atomic E-state index is 13.6. The Bertz CT molecular complexity index is 677. The fraction of sp³-hybridized carbons (Fsp3) is 0.133. The highest BCUT2D eigenvalue weighted by Gasteiger charge is 2.10. The number of ether oxygens (including phenoxy) is 1. The fourth-order valence-electron chi connectivity index (χ4n) is 1.65. The first-order chi connectivity index (χ1) is 9.97. The first kappa shape index (κ1) is 15.1. The van der Waals surface area contributed by atoms with Crippen LogP contribution < -0.4 is 15.8 Å². The van der Waals surface area contributed by atoms with E-state index in [1.54, 1.807) is 24.3 Å². The van der Waals surface area contributed by atoms with E-state index < -0.39 is 11.7 Å². The molecule has 3 N–H and O–H groups in total. The van der Waals surface area contributed by atoms with Gasteiger partial charge in [0.25, 0.3) is 5.91 Å². The van der Waals surface area contributed by atoms with E-state index in [1.165, 1.54) is 12.1 Å². The molecule has 0 aliphatic heterocycles. The molecule has 0 fully saturated rings. The van der Waals surface area contributed by atoms with Gasteiger partial charge in [-0.2, -0.15) is 0 Å². The molecule has 2 rings (SSSR count). The van der Waals surface area contributed by atoms with Gasteiger partial charge in [-0.25, -0.2) is 4.39 Å². The lowest BCUT2D eigenvalue weighted by molar-refractivity contribution is -0.118. The summed E-state index contributed by atoms with van der Waals surface area (Å²) in [5.41, 5.74) is 7.80. The van der Waals surface area contributed by atoms with Gasteiger partial charge in [0.1, 0.15) is 0 Å². The van der Waals surface area contributed by atoms with E-state index in [1.807, 2.05) is 6.92 Å². The van der Waals surface area contributed by atoms with Gasteiger partial charge >= 0.3 is 0 Å². The van der Waals surface area contributed by atoms with Gasteiger partial charge < -0.3 is 15.8 Å². The van der Waals surface area contributed by atoms with Crippen molar-refractivity contribution in [3.05, 3.63) is 52.8 Å². The van der Waals surface area contributed by atoms with Crippen LogP contribution in [0.2, 0.25) is 5.02 Å². The monoisotopic (exact) mass is 308 g/mol. The van der Waals surface area contributed by atoms with Crippen molar-refractivity contribution in [2.45, 2.75) is 6.92 Å². The number of halogens is 2. The molecule has 2 aromatic rings. The van der Waals surface area contributed by atoms with Gasteiger partial charge in [0.15, 0.2) is 18.2 Å². The van der Waals surface area contributed by atoms with Gasteiger partial charge in [0.2, 0.25) is 0 Å². The Balaban J connectivity index is 1.96. The highest BCUT2D eigenvalue weighted by Crippen LogP contribution is 2.24. The second-order valence-corrected chi connectivity index (χ2v) is 4.87. The number of amides is 1. The average Bonchev–Trinajstić information content (AvgIpc) is 2.44. The lowest BCUT2D eigenvalue weighted by Crippen LogP contribution is -2.20. The Morgan fingerprint density at radius 1 is 1.38 bits per heavy atom. The van der Waals surface area contributed by atoms with Crippen LogP contribution in [-0.4, -0.2) is 12.5 Å². The summed E-state index contributed by atoms with van der Waals surface area (Å²) in [5.74, 6) is -1.18. The van der Waals surface area contributed by atoms with Crippen LogP contribution >= 0.6 is 11.6 Å². The minimum atomic E-state index is -0.688. The normalized spacial score (nSPS) is 10.2. The van der Waals surface area contributed by atoms with E-state index in [0.717, 1.165) is 5.56 Å². The SMILES string of the molecule is Cc1ccc(NC(=O)COc2cccc(Cl)c2F)cc1N. The highest BCUT2D eigenvalue weighted by atomic mass is 35.5. The summed E-state index contributed by atoms with van der Waals surface area (Å²) in [7, 11) is 0. The molecular weight excluding hydrogens is 295 g/mol. The van der Waals surface area contributed by atoms with E-state index in [4.69, 9.17) is 22.1 Å². The van der Waals surface area contributed by atoms with Crippen LogP contribution in [0.15, 0.2) is 36.4 Å². The van der Waals surface area contributed by atoms with Gasteiger partial charge in [0, 0.05) is 11.4 Å². The Labute approximate surface area is 126 Å². The fourth-order valence-corrected chi connectivity index (χ4v) is 1.82. The van der Waals surface area contributed by atoms with E-state index in [0.29, 0.717) is 11.4 Å². The zero-order valence-electron chi connectivity index (χ0n) is 11.3. The first-order valence-electron chi connectivity index (χ1n) is 6.20. The Morgan fingerprint density at radius 2 is 2.14 bits per heavy atom. The third-order valence-corrected chi connectivity index (χ3v) is 3.13. The summed E-state index contributed by atoms with van der Waals surface area (Å²) in [5, 5.41) is 2.56. The van der Waals surface area contributed by atoms with Crippen molar-refractivity contribution in [2.75, 3.05) is 17.7 Å². The number of hydrogen-bond donors (Lipinski definition) is 2. The third kappa shape index (κ3) is 3.86. The predicted molar refractivity (Wildman–Crippen MR) is 81.1 cm³/mol. The molecular formula is C15H14ClFN2O2. The number of nitrogen functional groups attached to an aromatic ring is 1. The number of carbonyl (C=O) groups excluding carboxylic acids is 1. The summed E-state index contributed by atoms with van der Waals surface area (Å²) >= 11 is 5.62. The molecule has 0 spiro atoms. The molecule has 0 bridgehead atoms. The lowest BCUT2D eigenvalue weighted by Gasteiger charge is -2.09. The number of aryl methyl sites for hydroxylation is 1. The van der Waals surface area contributed by atoms with Crippen molar-refractivity contribution in [1.29, 1.82) is 0 Å². The number of carbonyl (C=O) groups is 1.